The maximum absolute atomic E-state index is 10.7. The Morgan fingerprint density at radius 1 is 1.20 bits per heavy atom. The van der Waals surface area contributed by atoms with Crippen molar-refractivity contribution in [3.8, 4) is 11.5 Å². The van der Waals surface area contributed by atoms with Gasteiger partial charge in [-0.2, -0.15) is 0 Å². The Morgan fingerprint density at radius 3 is 2.45 bits per heavy atom. The largest absolute Gasteiger partial charge is 0.494 e. The summed E-state index contributed by atoms with van der Waals surface area (Å²) < 4.78 is 11.1. The highest BCUT2D eigenvalue weighted by atomic mass is 16.5. The first-order chi connectivity index (χ1) is 9.62. The van der Waals surface area contributed by atoms with Crippen molar-refractivity contribution in [3.05, 3.63) is 29.8 Å². The molecule has 4 nitrogen and oxygen atoms in total. The molecule has 1 aromatic rings. The van der Waals surface area contributed by atoms with Gasteiger partial charge in [-0.05, 0) is 44.0 Å². The zero-order chi connectivity index (χ0) is 15.0. The molecule has 110 valence electrons. The molecule has 1 aromatic carbocycles. The smallest absolute Gasteiger partial charge is 0.307 e. The number of carboxylic acid groups (broad SMARTS) is 1. The number of allylic oxidation sites excluding steroid dienone is 1. The second kappa shape index (κ2) is 8.25. The van der Waals surface area contributed by atoms with Crippen LogP contribution in [0.15, 0.2) is 24.3 Å². The van der Waals surface area contributed by atoms with Gasteiger partial charge in [0.05, 0.1) is 19.6 Å². The Balaban J connectivity index is 3.17. The predicted octanol–water partition coefficient (Wildman–Crippen LogP) is 3.75. The molecule has 0 spiro atoms. The molecule has 20 heavy (non-hydrogen) atoms. The van der Waals surface area contributed by atoms with E-state index in [2.05, 4.69) is 0 Å². The molecule has 0 aliphatic heterocycles. The van der Waals surface area contributed by atoms with Crippen LogP contribution >= 0.6 is 0 Å². The predicted molar refractivity (Wildman–Crippen MR) is 79.3 cm³/mol. The standard InChI is InChI=1S/C16H22O4/c1-4-12(7-10-16(17)18)14-11-13(19-5-2)8-9-15(14)20-6-3/h7-9,11H,4-6,10H2,1-3H3,(H,17,18)/b12-7+. The fraction of sp³-hybridized carbons (Fsp3) is 0.438. The monoisotopic (exact) mass is 278 g/mol. The summed E-state index contributed by atoms with van der Waals surface area (Å²) in [4.78, 5) is 10.7. The van der Waals surface area contributed by atoms with E-state index < -0.39 is 5.97 Å². The van der Waals surface area contributed by atoms with Crippen molar-refractivity contribution < 1.29 is 19.4 Å². The minimum absolute atomic E-state index is 0.00754. The molecule has 0 atom stereocenters. The molecule has 0 aromatic heterocycles. The van der Waals surface area contributed by atoms with Crippen LogP contribution in [0.5, 0.6) is 11.5 Å². The van der Waals surface area contributed by atoms with E-state index in [1.54, 1.807) is 6.08 Å². The van der Waals surface area contributed by atoms with Crippen molar-refractivity contribution in [1.29, 1.82) is 0 Å². The fourth-order valence-corrected chi connectivity index (χ4v) is 1.95. The molecule has 0 radical (unpaired) electrons. The van der Waals surface area contributed by atoms with Gasteiger partial charge < -0.3 is 14.6 Å². The lowest BCUT2D eigenvalue weighted by Crippen LogP contribution is -1.99. The van der Waals surface area contributed by atoms with Crippen molar-refractivity contribution in [1.82, 2.24) is 0 Å². The summed E-state index contributed by atoms with van der Waals surface area (Å²) in [5, 5.41) is 8.82. The van der Waals surface area contributed by atoms with Crippen LogP contribution in [0.25, 0.3) is 5.57 Å². The second-order valence-electron chi connectivity index (χ2n) is 4.20. The summed E-state index contributed by atoms with van der Waals surface area (Å²) in [5.41, 5.74) is 1.86. The topological polar surface area (TPSA) is 55.8 Å². The van der Waals surface area contributed by atoms with Crippen LogP contribution in [0, 0.1) is 0 Å². The summed E-state index contributed by atoms with van der Waals surface area (Å²) in [7, 11) is 0. The van der Waals surface area contributed by atoms with Crippen molar-refractivity contribution in [2.45, 2.75) is 33.6 Å². The molecule has 0 amide bonds. The number of carbonyl (C=O) groups is 1. The summed E-state index contributed by atoms with van der Waals surface area (Å²) in [6.45, 7) is 7.01. The van der Waals surface area contributed by atoms with Crippen LogP contribution in [0.3, 0.4) is 0 Å². The van der Waals surface area contributed by atoms with Gasteiger partial charge in [0.1, 0.15) is 11.5 Å². The van der Waals surface area contributed by atoms with E-state index in [4.69, 9.17) is 14.6 Å². The fourth-order valence-electron chi connectivity index (χ4n) is 1.95. The number of hydrogen-bond donors (Lipinski definition) is 1. The normalized spacial score (nSPS) is 11.2. The van der Waals surface area contributed by atoms with Crippen LogP contribution in [-0.2, 0) is 4.79 Å². The van der Waals surface area contributed by atoms with Gasteiger partial charge in [-0.15, -0.1) is 0 Å². The van der Waals surface area contributed by atoms with E-state index >= 15 is 0 Å². The molecule has 0 aliphatic carbocycles. The minimum atomic E-state index is -0.838. The van der Waals surface area contributed by atoms with Crippen LogP contribution < -0.4 is 9.47 Å². The van der Waals surface area contributed by atoms with E-state index in [0.29, 0.717) is 13.2 Å². The molecule has 0 saturated heterocycles. The highest BCUT2D eigenvalue weighted by Crippen LogP contribution is 2.32. The van der Waals surface area contributed by atoms with Gasteiger partial charge in [0, 0.05) is 5.56 Å². The number of rotatable bonds is 8. The Morgan fingerprint density at radius 2 is 1.90 bits per heavy atom. The van der Waals surface area contributed by atoms with Crippen LogP contribution in [0.4, 0.5) is 0 Å². The van der Waals surface area contributed by atoms with Crippen molar-refractivity contribution in [2.24, 2.45) is 0 Å². The summed E-state index contributed by atoms with van der Waals surface area (Å²) in [6.07, 6.45) is 2.48. The molecule has 0 bridgehead atoms. The molecular formula is C16H22O4. The minimum Gasteiger partial charge on any atom is -0.494 e. The van der Waals surface area contributed by atoms with E-state index in [1.165, 1.54) is 0 Å². The quantitative estimate of drug-likeness (QED) is 0.786. The zero-order valence-corrected chi connectivity index (χ0v) is 12.3. The molecule has 4 heteroatoms. The third-order valence-electron chi connectivity index (χ3n) is 2.81. The lowest BCUT2D eigenvalue weighted by atomic mass is 10.0. The van der Waals surface area contributed by atoms with Gasteiger partial charge in [-0.3, -0.25) is 4.79 Å². The number of ether oxygens (including phenoxy) is 2. The number of benzene rings is 1. The highest BCUT2D eigenvalue weighted by molar-refractivity contribution is 5.76. The summed E-state index contributed by atoms with van der Waals surface area (Å²) >= 11 is 0. The van der Waals surface area contributed by atoms with E-state index in [1.807, 2.05) is 39.0 Å². The van der Waals surface area contributed by atoms with Gasteiger partial charge in [0.25, 0.3) is 0 Å². The maximum Gasteiger partial charge on any atom is 0.307 e. The molecule has 0 saturated carbocycles. The summed E-state index contributed by atoms with van der Waals surface area (Å²) in [6, 6.07) is 5.64. The number of carboxylic acids is 1. The molecular weight excluding hydrogens is 256 g/mol. The van der Waals surface area contributed by atoms with Crippen molar-refractivity contribution in [2.75, 3.05) is 13.2 Å². The second-order valence-corrected chi connectivity index (χ2v) is 4.20. The average molecular weight is 278 g/mol. The van der Waals surface area contributed by atoms with E-state index in [-0.39, 0.29) is 6.42 Å². The van der Waals surface area contributed by atoms with Gasteiger partial charge in [-0.25, -0.2) is 0 Å². The average Bonchev–Trinajstić information content (AvgIpc) is 2.42. The Bertz CT molecular complexity index is 477. The Labute approximate surface area is 120 Å². The van der Waals surface area contributed by atoms with Crippen LogP contribution in [0.1, 0.15) is 39.2 Å². The van der Waals surface area contributed by atoms with Gasteiger partial charge in [0.2, 0.25) is 0 Å². The lowest BCUT2D eigenvalue weighted by molar-refractivity contribution is -0.135. The molecule has 0 unspecified atom stereocenters. The summed E-state index contributed by atoms with van der Waals surface area (Å²) in [5.74, 6) is 0.685. The van der Waals surface area contributed by atoms with Crippen molar-refractivity contribution >= 4 is 11.5 Å². The lowest BCUT2D eigenvalue weighted by Gasteiger charge is -2.14. The maximum atomic E-state index is 10.7. The van der Waals surface area contributed by atoms with Gasteiger partial charge >= 0.3 is 5.97 Å². The zero-order valence-electron chi connectivity index (χ0n) is 12.3. The molecule has 1 N–H and O–H groups in total. The Hall–Kier alpha value is -1.97. The molecule has 0 aliphatic rings. The van der Waals surface area contributed by atoms with Gasteiger partial charge in [0.15, 0.2) is 0 Å². The first-order valence-corrected chi connectivity index (χ1v) is 6.93. The number of hydrogen-bond acceptors (Lipinski definition) is 3. The molecule has 1 rings (SSSR count). The highest BCUT2D eigenvalue weighted by Gasteiger charge is 2.10. The third-order valence-corrected chi connectivity index (χ3v) is 2.81. The first-order valence-electron chi connectivity index (χ1n) is 6.93. The van der Waals surface area contributed by atoms with E-state index in [0.717, 1.165) is 29.1 Å². The van der Waals surface area contributed by atoms with Gasteiger partial charge in [-0.1, -0.05) is 13.0 Å². The van der Waals surface area contributed by atoms with E-state index in [9.17, 15) is 4.79 Å². The Kier molecular flexibility index (Phi) is 6.64. The SMILES string of the molecule is CCOc1ccc(OCC)c(/C(=C/CC(=O)O)CC)c1. The number of aliphatic carboxylic acids is 1. The molecule has 0 heterocycles. The molecule has 0 fully saturated rings. The van der Waals surface area contributed by atoms with Crippen molar-refractivity contribution in [3.63, 3.8) is 0 Å². The third kappa shape index (κ3) is 4.61. The van der Waals surface area contributed by atoms with Crippen LogP contribution in [-0.4, -0.2) is 24.3 Å². The first kappa shape index (κ1) is 16.1. The van der Waals surface area contributed by atoms with Crippen LogP contribution in [0.2, 0.25) is 0 Å².